The Hall–Kier alpha value is 0.380. The van der Waals surface area contributed by atoms with Crippen LogP contribution in [0.2, 0.25) is 0 Å². The minimum absolute atomic E-state index is 0. The van der Waals surface area contributed by atoms with Crippen molar-refractivity contribution in [1.82, 2.24) is 5.32 Å². The molecule has 1 fully saturated rings. The molecule has 146 valence electrons. The van der Waals surface area contributed by atoms with Gasteiger partial charge in [-0.1, -0.05) is 96.8 Å². The van der Waals surface area contributed by atoms with Crippen LogP contribution < -0.4 is 5.32 Å². The first-order valence-corrected chi connectivity index (χ1v) is 10.8. The zero-order chi connectivity index (χ0) is 18.0. The monoisotopic (exact) mass is 387 g/mol. The van der Waals surface area contributed by atoms with Gasteiger partial charge in [0, 0.05) is 0 Å². The average Bonchev–Trinajstić information content (AvgIpc) is 3.22. The Bertz CT molecular complexity index is 370. The molecule has 1 rings (SSSR count). The molecule has 0 spiro atoms. The Morgan fingerprint density at radius 3 is 1.36 bits per heavy atom. The van der Waals surface area contributed by atoms with Gasteiger partial charge in [-0.15, -0.1) is 0 Å². The number of thiol groups is 1. The van der Waals surface area contributed by atoms with Gasteiger partial charge < -0.3 is 5.32 Å². The van der Waals surface area contributed by atoms with Gasteiger partial charge in [-0.3, -0.25) is 9.35 Å². The number of hydrogen-bond acceptors (Lipinski definition) is 3. The van der Waals surface area contributed by atoms with E-state index in [0.717, 1.165) is 6.42 Å². The molecule has 1 aliphatic rings. The van der Waals surface area contributed by atoms with E-state index in [-0.39, 0.29) is 41.5 Å². The molecule has 5 nitrogen and oxygen atoms in total. The zero-order valence-electron chi connectivity index (χ0n) is 15.3. The van der Waals surface area contributed by atoms with Gasteiger partial charge in [0.15, 0.2) is 0 Å². The molecule has 0 aromatic heterocycles. The maximum absolute atomic E-state index is 10.7. The molecule has 7 heteroatoms. The fraction of sp³-hybridized carbons (Fsp3) is 0.944. The Morgan fingerprint density at radius 1 is 0.800 bits per heavy atom. The molecule has 0 aromatic carbocycles. The van der Waals surface area contributed by atoms with E-state index in [1.165, 1.54) is 89.9 Å². The molecule has 1 saturated heterocycles. The van der Waals surface area contributed by atoms with Crippen molar-refractivity contribution < 1.29 is 17.8 Å². The van der Waals surface area contributed by atoms with Gasteiger partial charge >= 0.3 is 29.6 Å². The van der Waals surface area contributed by atoms with Crippen LogP contribution in [0.5, 0.6) is 0 Å². The summed E-state index contributed by atoms with van der Waals surface area (Å²) in [6.45, 7) is 2.28. The number of amides is 1. The van der Waals surface area contributed by atoms with Crippen LogP contribution in [0.1, 0.15) is 103 Å². The third-order valence-corrected chi connectivity index (χ3v) is 4.40. The van der Waals surface area contributed by atoms with Crippen LogP contribution in [0.4, 0.5) is 0 Å². The normalized spacial score (nSPS) is 15.2. The molecule has 25 heavy (non-hydrogen) atoms. The van der Waals surface area contributed by atoms with Crippen molar-refractivity contribution in [2.75, 3.05) is 0 Å². The van der Waals surface area contributed by atoms with Crippen LogP contribution in [0.3, 0.4) is 0 Å². The summed E-state index contributed by atoms with van der Waals surface area (Å²) in [5.41, 5.74) is 0. The second-order valence-corrected chi connectivity index (χ2v) is 7.16. The van der Waals surface area contributed by atoms with E-state index in [1.54, 1.807) is 0 Å². The SMILES string of the molecule is CCCCCCCCCCCCCCCCC1NC1=O.O=[SH](=O)O.[NaH]. The van der Waals surface area contributed by atoms with Crippen LogP contribution >= 0.6 is 0 Å². The van der Waals surface area contributed by atoms with E-state index in [0.29, 0.717) is 0 Å². The third kappa shape index (κ3) is 24.4. The fourth-order valence-corrected chi connectivity index (χ4v) is 2.88. The van der Waals surface area contributed by atoms with Crippen LogP contribution in [0, 0.1) is 0 Å². The number of rotatable bonds is 15. The minimum atomic E-state index is -3.12. The second-order valence-electron chi connectivity index (χ2n) is 6.68. The molecule has 0 aliphatic carbocycles. The van der Waals surface area contributed by atoms with E-state index >= 15 is 0 Å². The van der Waals surface area contributed by atoms with Crippen molar-refractivity contribution in [1.29, 1.82) is 0 Å². The van der Waals surface area contributed by atoms with Crippen LogP contribution in [-0.4, -0.2) is 54.5 Å². The first-order chi connectivity index (χ1) is 11.6. The maximum atomic E-state index is 10.7. The molecule has 0 aromatic rings. The number of carbonyl (C=O) groups excluding carboxylic acids is 1. The van der Waals surface area contributed by atoms with E-state index in [4.69, 9.17) is 13.0 Å². The topological polar surface area (TPSA) is 93.4 Å². The summed E-state index contributed by atoms with van der Waals surface area (Å²) >= 11 is 0. The summed E-state index contributed by atoms with van der Waals surface area (Å²) in [4.78, 5) is 10.7. The Morgan fingerprint density at radius 2 is 1.08 bits per heavy atom. The molecule has 1 unspecified atom stereocenters. The van der Waals surface area contributed by atoms with E-state index in [1.807, 2.05) is 0 Å². The fourth-order valence-electron chi connectivity index (χ4n) is 2.88. The van der Waals surface area contributed by atoms with Crippen LogP contribution in [-0.2, 0) is 15.8 Å². The third-order valence-electron chi connectivity index (χ3n) is 4.40. The van der Waals surface area contributed by atoms with Crippen LogP contribution in [0.15, 0.2) is 0 Å². The van der Waals surface area contributed by atoms with Crippen LogP contribution in [0.25, 0.3) is 0 Å². The van der Waals surface area contributed by atoms with Crippen molar-refractivity contribution in [2.45, 2.75) is 109 Å². The van der Waals surface area contributed by atoms with Gasteiger partial charge in [-0.25, -0.2) is 8.42 Å². The summed E-state index contributed by atoms with van der Waals surface area (Å²) in [5, 5.41) is 2.84. The van der Waals surface area contributed by atoms with Crippen molar-refractivity contribution >= 4 is 46.4 Å². The summed E-state index contributed by atoms with van der Waals surface area (Å²) in [6, 6.07) is 0.229. The Balaban J connectivity index is 0. The van der Waals surface area contributed by atoms with Crippen molar-refractivity contribution in [3.8, 4) is 0 Å². The second kappa shape index (κ2) is 20.7. The van der Waals surface area contributed by atoms with Gasteiger partial charge in [0.1, 0.15) is 6.04 Å². The predicted molar refractivity (Wildman–Crippen MR) is 107 cm³/mol. The molecule has 1 atom stereocenters. The van der Waals surface area contributed by atoms with Gasteiger partial charge in [0.25, 0.3) is 11.0 Å². The number of unbranched alkanes of at least 4 members (excludes halogenated alkanes) is 13. The molecule has 0 radical (unpaired) electrons. The van der Waals surface area contributed by atoms with Gasteiger partial charge in [-0.05, 0) is 6.42 Å². The van der Waals surface area contributed by atoms with Gasteiger partial charge in [0.05, 0.1) is 0 Å². The first-order valence-electron chi connectivity index (χ1n) is 9.71. The van der Waals surface area contributed by atoms with Crippen molar-refractivity contribution in [3.63, 3.8) is 0 Å². The first kappa shape index (κ1) is 27.6. The quantitative estimate of drug-likeness (QED) is 0.131. The summed E-state index contributed by atoms with van der Waals surface area (Å²) < 4.78 is 24.2. The molecule has 2 N–H and O–H groups in total. The van der Waals surface area contributed by atoms with E-state index in [9.17, 15) is 4.79 Å². The summed E-state index contributed by atoms with van der Waals surface area (Å²) in [5.74, 6) is 0.264. The Kier molecular flexibility index (Phi) is 22.8. The number of nitrogens with one attached hydrogen (secondary N) is 1. The van der Waals surface area contributed by atoms with Crippen molar-refractivity contribution in [2.24, 2.45) is 0 Å². The number of hydrogen-bond donors (Lipinski definition) is 3. The Labute approximate surface area is 178 Å². The van der Waals surface area contributed by atoms with E-state index < -0.39 is 11.0 Å². The zero-order valence-corrected chi connectivity index (χ0v) is 16.2. The molecule has 1 aliphatic heterocycles. The van der Waals surface area contributed by atoms with Gasteiger partial charge in [-0.2, -0.15) is 0 Å². The molecule has 1 heterocycles. The number of carbonyl (C=O) groups is 1. The van der Waals surface area contributed by atoms with Gasteiger partial charge in [0.2, 0.25) is 5.91 Å². The summed E-state index contributed by atoms with van der Waals surface area (Å²) in [7, 11) is -3.12. The summed E-state index contributed by atoms with van der Waals surface area (Å²) in [6.07, 6.45) is 20.6. The molecular formula is C18H38NNaO4S. The van der Waals surface area contributed by atoms with Crippen molar-refractivity contribution in [3.05, 3.63) is 0 Å². The van der Waals surface area contributed by atoms with E-state index in [2.05, 4.69) is 12.2 Å². The molecule has 1 amide bonds. The predicted octanol–water partition coefficient (Wildman–Crippen LogP) is 3.78. The molecule has 0 bridgehead atoms. The average molecular weight is 388 g/mol. The molecular weight excluding hydrogens is 349 g/mol. The standard InChI is InChI=1S/C18H35NO.Na.H2O3S.H/c1-2-3-4-5-6-7-8-9-10-11-12-13-14-15-16-17-18(20)19-17;;1-4(2)3;/h17H,2-16H2,1H3,(H,19,20);;4H,(H,1,2,3);. The molecule has 0 saturated carbocycles.